The molecule has 2 aromatic carbocycles. The fourth-order valence-corrected chi connectivity index (χ4v) is 4.72. The molecule has 0 spiro atoms. The number of aliphatic hydroxyl groups excluding tert-OH is 1. The highest BCUT2D eigenvalue weighted by atomic mass is 35.5. The molecule has 0 saturated heterocycles. The van der Waals surface area contributed by atoms with E-state index in [1.807, 2.05) is 35.9 Å². The number of halogens is 2. The molecule has 8 heteroatoms. The fraction of sp³-hybridized carbons (Fsp3) is 0.222. The van der Waals surface area contributed by atoms with Gasteiger partial charge in [-0.2, -0.15) is 0 Å². The normalized spacial score (nSPS) is 13.3. The average Bonchev–Trinajstić information content (AvgIpc) is 2.93. The highest BCUT2D eigenvalue weighted by molar-refractivity contribution is 7.89. The third-order valence-corrected chi connectivity index (χ3v) is 6.55. The summed E-state index contributed by atoms with van der Waals surface area (Å²) in [5.74, 6) is 0. The molecule has 1 heterocycles. The van der Waals surface area contributed by atoms with Crippen molar-refractivity contribution in [3.63, 3.8) is 0 Å². The van der Waals surface area contributed by atoms with E-state index in [0.717, 1.165) is 10.9 Å². The van der Waals surface area contributed by atoms with Gasteiger partial charge in [-0.25, -0.2) is 13.1 Å². The second kappa shape index (κ2) is 7.21. The Bertz CT molecular complexity index is 1080. The number of benzene rings is 2. The third-order valence-electron chi connectivity index (χ3n) is 4.26. The first-order chi connectivity index (χ1) is 12.2. The highest BCUT2D eigenvalue weighted by Crippen LogP contribution is 2.29. The van der Waals surface area contributed by atoms with E-state index < -0.39 is 16.1 Å². The van der Waals surface area contributed by atoms with Crippen molar-refractivity contribution in [2.75, 3.05) is 6.54 Å². The molecule has 0 fully saturated rings. The van der Waals surface area contributed by atoms with E-state index in [1.54, 1.807) is 13.1 Å². The lowest BCUT2D eigenvalue weighted by atomic mass is 10.1. The molecule has 0 aliphatic carbocycles. The van der Waals surface area contributed by atoms with E-state index in [4.69, 9.17) is 23.2 Å². The minimum Gasteiger partial charge on any atom is -0.387 e. The third kappa shape index (κ3) is 3.61. The fourth-order valence-electron chi connectivity index (χ4n) is 2.85. The van der Waals surface area contributed by atoms with Gasteiger partial charge < -0.3 is 9.67 Å². The summed E-state index contributed by atoms with van der Waals surface area (Å²) in [7, 11) is -2.01. The van der Waals surface area contributed by atoms with Gasteiger partial charge in [0.15, 0.2) is 0 Å². The van der Waals surface area contributed by atoms with Crippen molar-refractivity contribution in [2.45, 2.75) is 17.9 Å². The molecule has 0 aliphatic rings. The zero-order valence-corrected chi connectivity index (χ0v) is 16.5. The van der Waals surface area contributed by atoms with Crippen molar-refractivity contribution in [1.82, 2.24) is 9.29 Å². The number of hydrogen-bond donors (Lipinski definition) is 2. The minimum absolute atomic E-state index is 0.0350. The van der Waals surface area contributed by atoms with E-state index in [-0.39, 0.29) is 16.5 Å². The van der Waals surface area contributed by atoms with Crippen LogP contribution in [0.1, 0.15) is 17.2 Å². The van der Waals surface area contributed by atoms with E-state index in [1.165, 1.54) is 12.1 Å². The monoisotopic (exact) mass is 412 g/mol. The summed E-state index contributed by atoms with van der Waals surface area (Å²) in [6.45, 7) is 1.52. The number of para-hydroxylation sites is 1. The Morgan fingerprint density at radius 3 is 2.62 bits per heavy atom. The average molecular weight is 413 g/mol. The summed E-state index contributed by atoms with van der Waals surface area (Å²) in [6, 6.07) is 10.4. The predicted octanol–water partition coefficient (Wildman–Crippen LogP) is 3.81. The molecule has 5 nitrogen and oxygen atoms in total. The van der Waals surface area contributed by atoms with Crippen molar-refractivity contribution >= 4 is 44.1 Å². The molecule has 26 heavy (non-hydrogen) atoms. The number of nitrogens with one attached hydrogen (secondary N) is 1. The van der Waals surface area contributed by atoms with Crippen molar-refractivity contribution in [2.24, 2.45) is 7.05 Å². The van der Waals surface area contributed by atoms with Gasteiger partial charge in [-0.15, -0.1) is 0 Å². The van der Waals surface area contributed by atoms with Gasteiger partial charge in [0.2, 0.25) is 10.0 Å². The van der Waals surface area contributed by atoms with Crippen LogP contribution in [0.15, 0.2) is 47.5 Å². The van der Waals surface area contributed by atoms with Gasteiger partial charge in [0.25, 0.3) is 0 Å². The van der Waals surface area contributed by atoms with Crippen LogP contribution in [0.25, 0.3) is 10.9 Å². The smallest absolute Gasteiger partial charge is 0.242 e. The van der Waals surface area contributed by atoms with Crippen molar-refractivity contribution in [3.05, 3.63) is 63.8 Å². The molecule has 138 valence electrons. The highest BCUT2D eigenvalue weighted by Gasteiger charge is 2.22. The Hall–Kier alpha value is -1.57. The first kappa shape index (κ1) is 19.2. The van der Waals surface area contributed by atoms with Crippen LogP contribution in [0.5, 0.6) is 0 Å². The van der Waals surface area contributed by atoms with Crippen LogP contribution < -0.4 is 4.72 Å². The second-order valence-electron chi connectivity index (χ2n) is 6.11. The predicted molar refractivity (Wildman–Crippen MR) is 104 cm³/mol. The summed E-state index contributed by atoms with van der Waals surface area (Å²) in [4.78, 5) is -0.0637. The number of aromatic nitrogens is 1. The quantitative estimate of drug-likeness (QED) is 0.669. The molecular weight excluding hydrogens is 395 g/mol. The molecular formula is C18H18Cl2N2O3S. The maximum absolute atomic E-state index is 12.6. The Labute approximate surface area is 162 Å². The first-order valence-electron chi connectivity index (χ1n) is 7.88. The number of aliphatic hydroxyl groups is 1. The molecule has 0 bridgehead atoms. The lowest BCUT2D eigenvalue weighted by Gasteiger charge is -2.13. The van der Waals surface area contributed by atoms with Gasteiger partial charge in [0.1, 0.15) is 4.90 Å². The molecule has 3 rings (SSSR count). The van der Waals surface area contributed by atoms with E-state index in [9.17, 15) is 13.5 Å². The molecule has 0 amide bonds. The van der Waals surface area contributed by atoms with Crippen molar-refractivity contribution < 1.29 is 13.5 Å². The largest absolute Gasteiger partial charge is 0.387 e. The maximum atomic E-state index is 12.6. The zero-order valence-electron chi connectivity index (χ0n) is 14.2. The lowest BCUT2D eigenvalue weighted by Crippen LogP contribution is -2.28. The molecule has 3 aromatic rings. The Morgan fingerprint density at radius 1 is 1.19 bits per heavy atom. The molecule has 2 N–H and O–H groups in total. The van der Waals surface area contributed by atoms with Crippen molar-refractivity contribution in [1.29, 1.82) is 0 Å². The van der Waals surface area contributed by atoms with Gasteiger partial charge in [0.05, 0.1) is 11.1 Å². The number of nitrogens with zero attached hydrogens (tertiary/aromatic N) is 1. The lowest BCUT2D eigenvalue weighted by molar-refractivity contribution is 0.183. The zero-order chi connectivity index (χ0) is 19.1. The summed E-state index contributed by atoms with van der Waals surface area (Å²) < 4.78 is 29.4. The number of rotatable bonds is 5. The van der Waals surface area contributed by atoms with Crippen LogP contribution in [-0.4, -0.2) is 24.6 Å². The summed E-state index contributed by atoms with van der Waals surface area (Å²) in [5.41, 5.74) is 2.22. The molecule has 0 radical (unpaired) electrons. The van der Waals surface area contributed by atoms with Crippen LogP contribution in [0.3, 0.4) is 0 Å². The maximum Gasteiger partial charge on any atom is 0.242 e. The first-order valence-corrected chi connectivity index (χ1v) is 10.1. The number of aryl methyl sites for hydroxylation is 2. The van der Waals surface area contributed by atoms with Gasteiger partial charge in [-0.3, -0.25) is 0 Å². The SMILES string of the molecule is Cc1cc(S(=O)(=O)NCC(O)c2cn(C)c3ccccc23)c(Cl)cc1Cl. The summed E-state index contributed by atoms with van der Waals surface area (Å²) in [5, 5.41) is 11.8. The van der Waals surface area contributed by atoms with Crippen LogP contribution >= 0.6 is 23.2 Å². The molecule has 0 saturated carbocycles. The van der Waals surface area contributed by atoms with E-state index in [0.29, 0.717) is 16.1 Å². The second-order valence-corrected chi connectivity index (χ2v) is 8.66. The number of sulfonamides is 1. The summed E-state index contributed by atoms with van der Waals surface area (Å²) in [6.07, 6.45) is 0.798. The van der Waals surface area contributed by atoms with Crippen LogP contribution in [-0.2, 0) is 17.1 Å². The van der Waals surface area contributed by atoms with E-state index in [2.05, 4.69) is 4.72 Å². The molecule has 1 atom stereocenters. The van der Waals surface area contributed by atoms with Gasteiger partial charge in [0, 0.05) is 41.3 Å². The standard InChI is InChI=1S/C18H18Cl2N2O3S/c1-11-7-18(15(20)8-14(11)19)26(24,25)21-9-17(23)13-10-22(2)16-6-4-3-5-12(13)16/h3-8,10,17,21,23H,9H2,1-2H3. The van der Waals surface area contributed by atoms with Gasteiger partial charge in [-0.1, -0.05) is 41.4 Å². The molecule has 0 aliphatic heterocycles. The van der Waals surface area contributed by atoms with Crippen molar-refractivity contribution in [3.8, 4) is 0 Å². The van der Waals surface area contributed by atoms with E-state index >= 15 is 0 Å². The van der Waals surface area contributed by atoms with Gasteiger partial charge in [-0.05, 0) is 30.7 Å². The minimum atomic E-state index is -3.89. The Morgan fingerprint density at radius 2 is 1.88 bits per heavy atom. The molecule has 1 unspecified atom stereocenters. The number of hydrogen-bond acceptors (Lipinski definition) is 3. The molecule has 1 aromatic heterocycles. The topological polar surface area (TPSA) is 71.3 Å². The van der Waals surface area contributed by atoms with Crippen LogP contribution in [0.4, 0.5) is 0 Å². The number of fused-ring (bicyclic) bond motifs is 1. The van der Waals surface area contributed by atoms with Crippen LogP contribution in [0.2, 0.25) is 10.0 Å². The van der Waals surface area contributed by atoms with Crippen LogP contribution in [0, 0.1) is 6.92 Å². The van der Waals surface area contributed by atoms with Gasteiger partial charge >= 0.3 is 0 Å². The Kier molecular flexibility index (Phi) is 5.33. The Balaban J connectivity index is 1.84. The summed E-state index contributed by atoms with van der Waals surface area (Å²) >= 11 is 12.0.